The number of aryl methyl sites for hydroxylation is 2. The van der Waals surface area contributed by atoms with E-state index in [0.717, 1.165) is 16.5 Å². The van der Waals surface area contributed by atoms with Gasteiger partial charge in [-0.3, -0.25) is 9.78 Å². The minimum absolute atomic E-state index is 0.318. The third kappa shape index (κ3) is 3.74. The molecule has 3 rings (SSSR count). The van der Waals surface area contributed by atoms with E-state index in [9.17, 15) is 4.79 Å². The summed E-state index contributed by atoms with van der Waals surface area (Å²) in [7, 11) is 3.12. The standard InChI is InChI=1S/C21H21N3O3/c1-13-7-5-8-15-11-17(14(2)23-19(13)15)21(25)24-22-12-16-9-6-10-18(26-3)20(16)27-4/h5-12H,1-4H3,(H,24,25)/b22-12+. The van der Waals surface area contributed by atoms with Gasteiger partial charge in [-0.1, -0.05) is 24.3 Å². The van der Waals surface area contributed by atoms with Gasteiger partial charge in [0.25, 0.3) is 5.91 Å². The lowest BCUT2D eigenvalue weighted by Gasteiger charge is -2.10. The van der Waals surface area contributed by atoms with Crippen molar-refractivity contribution in [2.75, 3.05) is 14.2 Å². The largest absolute Gasteiger partial charge is 0.493 e. The van der Waals surface area contributed by atoms with E-state index in [1.807, 2.05) is 50.2 Å². The van der Waals surface area contributed by atoms with Crippen LogP contribution >= 0.6 is 0 Å². The number of hydrogen-bond acceptors (Lipinski definition) is 5. The van der Waals surface area contributed by atoms with Gasteiger partial charge in [0.05, 0.1) is 37.2 Å². The molecule has 0 aliphatic rings. The molecule has 0 saturated carbocycles. The lowest BCUT2D eigenvalue weighted by Crippen LogP contribution is -2.19. The minimum atomic E-state index is -0.318. The van der Waals surface area contributed by atoms with Gasteiger partial charge in [-0.2, -0.15) is 5.10 Å². The number of pyridine rings is 1. The third-order valence-electron chi connectivity index (χ3n) is 4.29. The molecule has 1 N–H and O–H groups in total. The monoisotopic (exact) mass is 363 g/mol. The molecule has 1 heterocycles. The number of rotatable bonds is 5. The molecule has 0 bridgehead atoms. The van der Waals surface area contributed by atoms with Crippen LogP contribution in [0.25, 0.3) is 10.9 Å². The molecule has 6 heteroatoms. The molecule has 0 aliphatic carbocycles. The van der Waals surface area contributed by atoms with Gasteiger partial charge < -0.3 is 9.47 Å². The average molecular weight is 363 g/mol. The first-order valence-corrected chi connectivity index (χ1v) is 8.46. The Morgan fingerprint density at radius 3 is 2.63 bits per heavy atom. The highest BCUT2D eigenvalue weighted by Crippen LogP contribution is 2.29. The number of carbonyl (C=O) groups is 1. The molecule has 1 amide bonds. The number of carbonyl (C=O) groups excluding carboxylic acids is 1. The van der Waals surface area contributed by atoms with Crippen molar-refractivity contribution in [1.29, 1.82) is 0 Å². The molecule has 0 fully saturated rings. The fourth-order valence-electron chi connectivity index (χ4n) is 2.90. The van der Waals surface area contributed by atoms with Crippen molar-refractivity contribution in [2.45, 2.75) is 13.8 Å². The van der Waals surface area contributed by atoms with E-state index in [2.05, 4.69) is 15.5 Å². The summed E-state index contributed by atoms with van der Waals surface area (Å²) < 4.78 is 10.6. The number of aromatic nitrogens is 1. The first-order chi connectivity index (χ1) is 13.0. The van der Waals surface area contributed by atoms with E-state index in [1.165, 1.54) is 6.21 Å². The smallest absolute Gasteiger partial charge is 0.273 e. The summed E-state index contributed by atoms with van der Waals surface area (Å²) >= 11 is 0. The molecule has 27 heavy (non-hydrogen) atoms. The number of para-hydroxylation sites is 2. The molecule has 138 valence electrons. The van der Waals surface area contributed by atoms with Crippen LogP contribution in [-0.2, 0) is 0 Å². The Morgan fingerprint density at radius 1 is 1.11 bits per heavy atom. The number of hydrazone groups is 1. The van der Waals surface area contributed by atoms with Crippen LogP contribution in [0.2, 0.25) is 0 Å². The van der Waals surface area contributed by atoms with Gasteiger partial charge in [-0.25, -0.2) is 5.43 Å². The predicted octanol–water partition coefficient (Wildman–Crippen LogP) is 3.63. The van der Waals surface area contributed by atoms with Crippen molar-refractivity contribution in [3.63, 3.8) is 0 Å². The number of hydrogen-bond donors (Lipinski definition) is 1. The average Bonchev–Trinajstić information content (AvgIpc) is 2.67. The number of fused-ring (bicyclic) bond motifs is 1. The number of methoxy groups -OCH3 is 2. The Morgan fingerprint density at radius 2 is 1.89 bits per heavy atom. The SMILES string of the molecule is COc1cccc(/C=N/NC(=O)c2cc3cccc(C)c3nc2C)c1OC. The van der Waals surface area contributed by atoms with Crippen molar-refractivity contribution >= 4 is 23.0 Å². The summed E-state index contributed by atoms with van der Waals surface area (Å²) in [6.45, 7) is 3.82. The molecule has 6 nitrogen and oxygen atoms in total. The van der Waals surface area contributed by atoms with Crippen molar-refractivity contribution in [3.8, 4) is 11.5 Å². The molecule has 2 aromatic carbocycles. The number of benzene rings is 2. The second-order valence-electron chi connectivity index (χ2n) is 6.05. The second-order valence-corrected chi connectivity index (χ2v) is 6.05. The molecule has 0 saturated heterocycles. The number of nitrogens with zero attached hydrogens (tertiary/aromatic N) is 2. The lowest BCUT2D eigenvalue weighted by atomic mass is 10.1. The minimum Gasteiger partial charge on any atom is -0.493 e. The second kappa shape index (κ2) is 7.86. The lowest BCUT2D eigenvalue weighted by molar-refractivity contribution is 0.0954. The number of amides is 1. The zero-order valence-corrected chi connectivity index (χ0v) is 15.7. The van der Waals surface area contributed by atoms with E-state index in [-0.39, 0.29) is 5.91 Å². The van der Waals surface area contributed by atoms with E-state index < -0.39 is 0 Å². The molecule has 3 aromatic rings. The van der Waals surface area contributed by atoms with Crippen molar-refractivity contribution in [3.05, 3.63) is 64.8 Å². The highest BCUT2D eigenvalue weighted by Gasteiger charge is 2.12. The molecule has 0 unspecified atom stereocenters. The van der Waals surface area contributed by atoms with Gasteiger partial charge in [-0.15, -0.1) is 0 Å². The third-order valence-corrected chi connectivity index (χ3v) is 4.29. The van der Waals surface area contributed by atoms with Crippen LogP contribution in [0.5, 0.6) is 11.5 Å². The Hall–Kier alpha value is -3.41. The summed E-state index contributed by atoms with van der Waals surface area (Å²) in [6, 6.07) is 13.2. The van der Waals surface area contributed by atoms with Crippen LogP contribution in [-0.4, -0.2) is 31.3 Å². The van der Waals surface area contributed by atoms with Crippen LogP contribution in [0.3, 0.4) is 0 Å². The zero-order chi connectivity index (χ0) is 19.4. The predicted molar refractivity (Wildman–Crippen MR) is 106 cm³/mol. The maximum absolute atomic E-state index is 12.5. The Kier molecular flexibility index (Phi) is 5.35. The summed E-state index contributed by atoms with van der Waals surface area (Å²) in [5, 5.41) is 4.97. The van der Waals surface area contributed by atoms with Gasteiger partial charge in [0.1, 0.15) is 0 Å². The van der Waals surface area contributed by atoms with E-state index in [0.29, 0.717) is 28.3 Å². The van der Waals surface area contributed by atoms with E-state index >= 15 is 0 Å². The summed E-state index contributed by atoms with van der Waals surface area (Å²) in [6.07, 6.45) is 1.52. The van der Waals surface area contributed by atoms with E-state index in [1.54, 1.807) is 20.3 Å². The van der Waals surface area contributed by atoms with Crippen LogP contribution in [0.15, 0.2) is 47.6 Å². The fourth-order valence-corrected chi connectivity index (χ4v) is 2.90. The molecule has 0 atom stereocenters. The van der Waals surface area contributed by atoms with Crippen LogP contribution in [0.4, 0.5) is 0 Å². The van der Waals surface area contributed by atoms with Crippen molar-refractivity contribution < 1.29 is 14.3 Å². The highest BCUT2D eigenvalue weighted by molar-refractivity contribution is 5.99. The molecule has 1 aromatic heterocycles. The Bertz CT molecular complexity index is 1030. The molecule has 0 aliphatic heterocycles. The number of ether oxygens (including phenoxy) is 2. The van der Waals surface area contributed by atoms with Crippen LogP contribution in [0.1, 0.15) is 27.2 Å². The van der Waals surface area contributed by atoms with Gasteiger partial charge in [-0.05, 0) is 37.6 Å². The zero-order valence-electron chi connectivity index (χ0n) is 15.7. The first-order valence-electron chi connectivity index (χ1n) is 8.46. The summed E-state index contributed by atoms with van der Waals surface area (Å²) in [5.74, 6) is 0.830. The topological polar surface area (TPSA) is 72.8 Å². The van der Waals surface area contributed by atoms with E-state index in [4.69, 9.17) is 9.47 Å². The normalized spacial score (nSPS) is 11.0. The molecule has 0 spiro atoms. The quantitative estimate of drug-likeness (QED) is 0.555. The summed E-state index contributed by atoms with van der Waals surface area (Å²) in [4.78, 5) is 17.1. The van der Waals surface area contributed by atoms with Gasteiger partial charge in [0, 0.05) is 10.9 Å². The number of nitrogens with one attached hydrogen (secondary N) is 1. The fraction of sp³-hybridized carbons (Fsp3) is 0.190. The maximum atomic E-state index is 12.5. The molecular weight excluding hydrogens is 342 g/mol. The van der Waals surface area contributed by atoms with Gasteiger partial charge >= 0.3 is 0 Å². The highest BCUT2D eigenvalue weighted by atomic mass is 16.5. The van der Waals surface area contributed by atoms with Crippen LogP contribution in [0, 0.1) is 13.8 Å². The maximum Gasteiger partial charge on any atom is 0.273 e. The van der Waals surface area contributed by atoms with Gasteiger partial charge in [0.2, 0.25) is 0 Å². The summed E-state index contributed by atoms with van der Waals surface area (Å²) in [5.41, 5.74) is 6.36. The van der Waals surface area contributed by atoms with Gasteiger partial charge in [0.15, 0.2) is 11.5 Å². The van der Waals surface area contributed by atoms with Crippen molar-refractivity contribution in [2.24, 2.45) is 5.10 Å². The Balaban J connectivity index is 1.83. The first kappa shape index (κ1) is 18.4. The molecular formula is C21H21N3O3. The molecule has 0 radical (unpaired) electrons. The van der Waals surface area contributed by atoms with Crippen LogP contribution < -0.4 is 14.9 Å². The van der Waals surface area contributed by atoms with Crippen molar-refractivity contribution in [1.82, 2.24) is 10.4 Å². The Labute approximate surface area is 157 Å².